The molecule has 0 fully saturated rings. The molecule has 0 aliphatic carbocycles. The van der Waals surface area contributed by atoms with Gasteiger partial charge in [-0.1, -0.05) is 18.2 Å². The van der Waals surface area contributed by atoms with E-state index in [-0.39, 0.29) is 19.1 Å². The maximum Gasteiger partial charge on any atom is 0.240 e. The second-order valence-electron chi connectivity index (χ2n) is 5.52. The predicted molar refractivity (Wildman–Crippen MR) is 76.0 cm³/mol. The number of hydrogen-bond donors (Lipinski definition) is 2. The number of hydrogen-bond acceptors (Lipinski definition) is 2. The van der Waals surface area contributed by atoms with Crippen LogP contribution < -0.4 is 5.32 Å². The first-order valence-corrected chi connectivity index (χ1v) is 6.40. The van der Waals surface area contributed by atoms with Gasteiger partial charge in [0.1, 0.15) is 6.54 Å². The molecule has 19 heavy (non-hydrogen) atoms. The lowest BCUT2D eigenvalue weighted by atomic mass is 10.1. The number of aliphatic hydroxyl groups is 1. The second kappa shape index (κ2) is 5.05. The van der Waals surface area contributed by atoms with Gasteiger partial charge in [-0.05, 0) is 38.3 Å². The highest BCUT2D eigenvalue weighted by molar-refractivity contribution is 5.84. The Kier molecular flexibility index (Phi) is 3.62. The standard InChI is InChI=1S/C15H20N2O2/c1-11-8-12-6-4-5-7-13(12)17(11)9-14(19)16-15(2,3)10-18/h4-8,18H,9-10H2,1-3H3,(H,16,19). The summed E-state index contributed by atoms with van der Waals surface area (Å²) in [6, 6.07) is 10.1. The number of para-hydroxylation sites is 1. The van der Waals surface area contributed by atoms with Crippen LogP contribution >= 0.6 is 0 Å². The Morgan fingerprint density at radius 1 is 1.37 bits per heavy atom. The zero-order valence-corrected chi connectivity index (χ0v) is 11.6. The number of rotatable bonds is 4. The van der Waals surface area contributed by atoms with Crippen LogP contribution in [0.2, 0.25) is 0 Å². The van der Waals surface area contributed by atoms with Crippen molar-refractivity contribution in [1.29, 1.82) is 0 Å². The van der Waals surface area contributed by atoms with Crippen LogP contribution in [0.3, 0.4) is 0 Å². The molecule has 4 heteroatoms. The van der Waals surface area contributed by atoms with Crippen LogP contribution in [0.4, 0.5) is 0 Å². The van der Waals surface area contributed by atoms with Crippen molar-refractivity contribution in [3.05, 3.63) is 36.0 Å². The molecule has 2 aromatic rings. The summed E-state index contributed by atoms with van der Waals surface area (Å²) < 4.78 is 1.98. The van der Waals surface area contributed by atoms with E-state index in [1.54, 1.807) is 13.8 Å². The molecule has 0 radical (unpaired) electrons. The minimum absolute atomic E-state index is 0.0792. The Bertz CT molecular complexity index is 599. The SMILES string of the molecule is Cc1cc2ccccc2n1CC(=O)NC(C)(C)CO. The normalized spacial score (nSPS) is 11.8. The lowest BCUT2D eigenvalue weighted by Crippen LogP contribution is -2.47. The molecule has 0 spiro atoms. The van der Waals surface area contributed by atoms with Crippen molar-refractivity contribution in [3.63, 3.8) is 0 Å². The van der Waals surface area contributed by atoms with Gasteiger partial charge in [0.25, 0.3) is 0 Å². The number of nitrogens with one attached hydrogen (secondary N) is 1. The number of carbonyl (C=O) groups is 1. The molecule has 1 aromatic heterocycles. The van der Waals surface area contributed by atoms with E-state index in [2.05, 4.69) is 11.4 Å². The van der Waals surface area contributed by atoms with E-state index in [1.165, 1.54) is 0 Å². The number of nitrogens with zero attached hydrogens (tertiary/aromatic N) is 1. The quantitative estimate of drug-likeness (QED) is 0.881. The highest BCUT2D eigenvalue weighted by atomic mass is 16.3. The minimum atomic E-state index is -0.589. The minimum Gasteiger partial charge on any atom is -0.394 e. The fraction of sp³-hybridized carbons (Fsp3) is 0.400. The monoisotopic (exact) mass is 260 g/mol. The van der Waals surface area contributed by atoms with Crippen LogP contribution in [0.5, 0.6) is 0 Å². The zero-order chi connectivity index (χ0) is 14.0. The highest BCUT2D eigenvalue weighted by Crippen LogP contribution is 2.19. The lowest BCUT2D eigenvalue weighted by Gasteiger charge is -2.23. The summed E-state index contributed by atoms with van der Waals surface area (Å²) in [7, 11) is 0. The fourth-order valence-electron chi connectivity index (χ4n) is 2.16. The van der Waals surface area contributed by atoms with E-state index < -0.39 is 5.54 Å². The summed E-state index contributed by atoms with van der Waals surface area (Å²) in [6.07, 6.45) is 0. The van der Waals surface area contributed by atoms with Gasteiger partial charge in [-0.2, -0.15) is 0 Å². The number of aliphatic hydroxyl groups excluding tert-OH is 1. The van der Waals surface area contributed by atoms with Crippen LogP contribution in [-0.4, -0.2) is 27.7 Å². The Morgan fingerprint density at radius 2 is 2.05 bits per heavy atom. The summed E-state index contributed by atoms with van der Waals surface area (Å²) >= 11 is 0. The Balaban J connectivity index is 2.22. The van der Waals surface area contributed by atoms with E-state index in [1.807, 2.05) is 35.8 Å². The van der Waals surface area contributed by atoms with Gasteiger partial charge in [0.05, 0.1) is 12.1 Å². The van der Waals surface area contributed by atoms with E-state index in [4.69, 9.17) is 0 Å². The molecule has 1 heterocycles. The molecule has 102 valence electrons. The third kappa shape index (κ3) is 2.96. The summed E-state index contributed by atoms with van der Waals surface area (Å²) in [5.74, 6) is -0.0940. The van der Waals surface area contributed by atoms with Gasteiger partial charge in [0.2, 0.25) is 5.91 Å². The molecule has 0 aliphatic rings. The molecule has 0 unspecified atom stereocenters. The van der Waals surface area contributed by atoms with Crippen LogP contribution in [0.25, 0.3) is 10.9 Å². The smallest absolute Gasteiger partial charge is 0.240 e. The van der Waals surface area contributed by atoms with Gasteiger partial charge in [0.15, 0.2) is 0 Å². The number of aromatic nitrogens is 1. The molecular formula is C15H20N2O2. The van der Waals surface area contributed by atoms with Gasteiger partial charge in [-0.25, -0.2) is 0 Å². The van der Waals surface area contributed by atoms with Crippen LogP contribution in [0.1, 0.15) is 19.5 Å². The molecular weight excluding hydrogens is 240 g/mol. The summed E-state index contributed by atoms with van der Waals surface area (Å²) in [5.41, 5.74) is 1.52. The van der Waals surface area contributed by atoms with Crippen molar-refractivity contribution >= 4 is 16.8 Å². The summed E-state index contributed by atoms with van der Waals surface area (Å²) in [6.45, 7) is 5.77. The topological polar surface area (TPSA) is 54.3 Å². The van der Waals surface area contributed by atoms with Crippen molar-refractivity contribution in [2.45, 2.75) is 32.9 Å². The van der Waals surface area contributed by atoms with Crippen molar-refractivity contribution in [2.24, 2.45) is 0 Å². The predicted octanol–water partition coefficient (Wildman–Crippen LogP) is 1.84. The summed E-state index contributed by atoms with van der Waals surface area (Å²) in [4.78, 5) is 12.0. The number of benzene rings is 1. The van der Waals surface area contributed by atoms with Crippen molar-refractivity contribution in [2.75, 3.05) is 6.61 Å². The Labute approximate surface area is 113 Å². The summed E-state index contributed by atoms with van der Waals surface area (Å²) in [5, 5.41) is 13.1. The molecule has 2 rings (SSSR count). The van der Waals surface area contributed by atoms with E-state index in [0.717, 1.165) is 16.6 Å². The average molecular weight is 260 g/mol. The zero-order valence-electron chi connectivity index (χ0n) is 11.6. The molecule has 4 nitrogen and oxygen atoms in total. The van der Waals surface area contributed by atoms with E-state index in [9.17, 15) is 9.90 Å². The van der Waals surface area contributed by atoms with Gasteiger partial charge in [-0.15, -0.1) is 0 Å². The van der Waals surface area contributed by atoms with Crippen molar-refractivity contribution in [1.82, 2.24) is 9.88 Å². The molecule has 0 aliphatic heterocycles. The Morgan fingerprint density at radius 3 is 2.74 bits per heavy atom. The maximum absolute atomic E-state index is 12.0. The van der Waals surface area contributed by atoms with E-state index >= 15 is 0 Å². The third-order valence-corrected chi connectivity index (χ3v) is 3.19. The average Bonchev–Trinajstić information content (AvgIpc) is 2.66. The first-order valence-electron chi connectivity index (χ1n) is 6.40. The lowest BCUT2D eigenvalue weighted by molar-refractivity contribution is -0.123. The largest absolute Gasteiger partial charge is 0.394 e. The molecule has 0 bridgehead atoms. The van der Waals surface area contributed by atoms with E-state index in [0.29, 0.717) is 0 Å². The first-order chi connectivity index (χ1) is 8.93. The van der Waals surface area contributed by atoms with Gasteiger partial charge in [0, 0.05) is 11.2 Å². The fourth-order valence-corrected chi connectivity index (χ4v) is 2.16. The third-order valence-electron chi connectivity index (χ3n) is 3.19. The highest BCUT2D eigenvalue weighted by Gasteiger charge is 2.19. The molecule has 0 atom stereocenters. The van der Waals surface area contributed by atoms with Gasteiger partial charge in [-0.3, -0.25) is 4.79 Å². The van der Waals surface area contributed by atoms with Crippen LogP contribution in [-0.2, 0) is 11.3 Å². The maximum atomic E-state index is 12.0. The molecule has 1 aromatic carbocycles. The number of carbonyl (C=O) groups excluding carboxylic acids is 1. The number of aryl methyl sites for hydroxylation is 1. The molecule has 2 N–H and O–H groups in total. The number of fused-ring (bicyclic) bond motifs is 1. The van der Waals surface area contributed by atoms with Crippen molar-refractivity contribution < 1.29 is 9.90 Å². The number of amides is 1. The van der Waals surface area contributed by atoms with Crippen LogP contribution in [0.15, 0.2) is 30.3 Å². The Hall–Kier alpha value is -1.81. The van der Waals surface area contributed by atoms with Crippen LogP contribution in [0, 0.1) is 6.92 Å². The molecule has 0 saturated heterocycles. The second-order valence-corrected chi connectivity index (χ2v) is 5.52. The molecule has 1 amide bonds. The first kappa shape index (κ1) is 13.6. The van der Waals surface area contributed by atoms with Crippen molar-refractivity contribution in [3.8, 4) is 0 Å². The van der Waals surface area contributed by atoms with Gasteiger partial charge < -0.3 is 15.0 Å². The molecule has 0 saturated carbocycles. The van der Waals surface area contributed by atoms with Gasteiger partial charge >= 0.3 is 0 Å².